The first-order chi connectivity index (χ1) is 5.33. The molecule has 0 saturated heterocycles. The van der Waals surface area contributed by atoms with Crippen LogP contribution in [-0.4, -0.2) is 0 Å². The number of hydrogen-bond donors (Lipinski definition) is 0. The van der Waals surface area contributed by atoms with Gasteiger partial charge in [0.05, 0.1) is 5.54 Å². The lowest BCUT2D eigenvalue weighted by molar-refractivity contribution is 0.303. The van der Waals surface area contributed by atoms with E-state index >= 15 is 0 Å². The first-order valence-electron chi connectivity index (χ1n) is 2.93. The molecule has 57 valence electrons. The molecule has 0 N–H and O–H groups in total. The molecule has 0 aliphatic rings. The van der Waals surface area contributed by atoms with Crippen LogP contribution in [0.25, 0.3) is 0 Å². The molecule has 0 fully saturated rings. The van der Waals surface area contributed by atoms with Crippen molar-refractivity contribution in [2.24, 2.45) is 0 Å². The number of halogens is 2. The van der Waals surface area contributed by atoms with Crippen LogP contribution in [0.4, 0.5) is 4.39 Å². The molecule has 0 aliphatic heterocycles. The van der Waals surface area contributed by atoms with E-state index in [9.17, 15) is 4.39 Å². The van der Waals surface area contributed by atoms with Crippen LogP contribution in [0.2, 0.25) is 0 Å². The summed E-state index contributed by atoms with van der Waals surface area (Å²) in [5, 5.41) is 0. The van der Waals surface area contributed by atoms with E-state index in [1.807, 2.05) is 0 Å². The monoisotopic (exact) mass is 171 g/mol. The molecule has 0 unspecified atom stereocenters. The highest BCUT2D eigenvalue weighted by molar-refractivity contribution is 6.25. The van der Waals surface area contributed by atoms with Gasteiger partial charge in [-0.15, -0.1) is 0 Å². The van der Waals surface area contributed by atoms with Crippen LogP contribution in [-0.2, 0) is 0 Å². The Balaban J connectivity index is 2.65. The minimum absolute atomic E-state index is 0.401. The summed E-state index contributed by atoms with van der Waals surface area (Å²) in [6.45, 7) is 0. The molecule has 0 heterocycles. The fourth-order valence-corrected chi connectivity index (χ4v) is 0.619. The van der Waals surface area contributed by atoms with E-state index < -0.39 is 6.01 Å². The molecular formula is C8H5ClFO. The van der Waals surface area contributed by atoms with E-state index in [0.29, 0.717) is 5.75 Å². The largest absolute Gasteiger partial charge is 0.431 e. The lowest BCUT2D eigenvalue weighted by Crippen LogP contribution is -1.86. The standard InChI is InChI=1S/C8H5ClFO/c9-6-8(10)11-7-4-2-1-3-5-7/h2-6H. The molecule has 3 heteroatoms. The Morgan fingerprint density at radius 3 is 2.73 bits per heavy atom. The molecule has 0 aromatic heterocycles. The van der Waals surface area contributed by atoms with Crippen LogP contribution in [0.5, 0.6) is 5.75 Å². The van der Waals surface area contributed by atoms with Crippen LogP contribution in [0.15, 0.2) is 35.8 Å². The predicted octanol–water partition coefficient (Wildman–Crippen LogP) is 2.87. The van der Waals surface area contributed by atoms with Crippen molar-refractivity contribution in [2.45, 2.75) is 0 Å². The van der Waals surface area contributed by atoms with Gasteiger partial charge in [0.25, 0.3) is 6.01 Å². The van der Waals surface area contributed by atoms with Crippen molar-refractivity contribution >= 4 is 11.6 Å². The second-order valence-electron chi connectivity index (χ2n) is 1.75. The molecule has 1 radical (unpaired) electrons. The summed E-state index contributed by atoms with van der Waals surface area (Å²) in [7, 11) is 0. The van der Waals surface area contributed by atoms with Crippen LogP contribution in [0.3, 0.4) is 0 Å². The maximum Gasteiger partial charge on any atom is 0.289 e. The van der Waals surface area contributed by atoms with Crippen LogP contribution >= 0.6 is 11.6 Å². The van der Waals surface area contributed by atoms with Crippen molar-refractivity contribution in [3.05, 3.63) is 41.9 Å². The van der Waals surface area contributed by atoms with Gasteiger partial charge >= 0.3 is 0 Å². The zero-order valence-electron chi connectivity index (χ0n) is 5.55. The first-order valence-corrected chi connectivity index (χ1v) is 3.36. The van der Waals surface area contributed by atoms with Gasteiger partial charge in [0, 0.05) is 0 Å². The van der Waals surface area contributed by atoms with E-state index in [0.717, 1.165) is 5.54 Å². The average molecular weight is 172 g/mol. The van der Waals surface area contributed by atoms with Crippen LogP contribution in [0.1, 0.15) is 0 Å². The molecule has 1 aromatic rings. The summed E-state index contributed by atoms with van der Waals surface area (Å²) in [6.07, 6.45) is 0. The summed E-state index contributed by atoms with van der Waals surface area (Å²) in [5.74, 6) is 0.401. The summed E-state index contributed by atoms with van der Waals surface area (Å²) in [5.41, 5.74) is 0.733. The minimum Gasteiger partial charge on any atom is -0.431 e. The summed E-state index contributed by atoms with van der Waals surface area (Å²) in [6, 6.07) is 8.36. The summed E-state index contributed by atoms with van der Waals surface area (Å²) >= 11 is 5.03. The van der Waals surface area contributed by atoms with Crippen molar-refractivity contribution in [3.8, 4) is 5.75 Å². The molecule has 1 aromatic carbocycles. The molecule has 0 saturated carbocycles. The molecule has 0 amide bonds. The van der Waals surface area contributed by atoms with Gasteiger partial charge in [-0.3, -0.25) is 0 Å². The van der Waals surface area contributed by atoms with Crippen molar-refractivity contribution < 1.29 is 9.13 Å². The van der Waals surface area contributed by atoms with Gasteiger partial charge in [-0.2, -0.15) is 4.39 Å². The molecule has 0 spiro atoms. The highest BCUT2D eigenvalue weighted by Gasteiger charge is 1.94. The Morgan fingerprint density at radius 1 is 1.55 bits per heavy atom. The van der Waals surface area contributed by atoms with Gasteiger partial charge < -0.3 is 4.74 Å². The fourth-order valence-electron chi connectivity index (χ4n) is 0.575. The second-order valence-corrected chi connectivity index (χ2v) is 1.97. The SMILES string of the molecule is FC(=CCl)Oc1cc[c]cc1. The van der Waals surface area contributed by atoms with Crippen molar-refractivity contribution in [3.63, 3.8) is 0 Å². The van der Waals surface area contributed by atoms with Crippen molar-refractivity contribution in [2.75, 3.05) is 0 Å². The molecule has 0 atom stereocenters. The predicted molar refractivity (Wildman–Crippen MR) is 41.0 cm³/mol. The van der Waals surface area contributed by atoms with Gasteiger partial charge in [0.2, 0.25) is 0 Å². The molecule has 0 bridgehead atoms. The van der Waals surface area contributed by atoms with E-state index in [4.69, 9.17) is 11.6 Å². The van der Waals surface area contributed by atoms with Gasteiger partial charge in [-0.25, -0.2) is 0 Å². The Kier molecular flexibility index (Phi) is 2.93. The fraction of sp³-hybridized carbons (Fsp3) is 0. The molecule has 1 rings (SSSR count). The van der Waals surface area contributed by atoms with Gasteiger partial charge in [0.1, 0.15) is 5.75 Å². The third kappa shape index (κ3) is 2.60. The average Bonchev–Trinajstić information content (AvgIpc) is 2.06. The Morgan fingerprint density at radius 2 is 2.18 bits per heavy atom. The zero-order valence-corrected chi connectivity index (χ0v) is 6.31. The van der Waals surface area contributed by atoms with Crippen LogP contribution < -0.4 is 4.74 Å². The van der Waals surface area contributed by atoms with Crippen molar-refractivity contribution in [1.29, 1.82) is 0 Å². The number of hydrogen-bond acceptors (Lipinski definition) is 1. The summed E-state index contributed by atoms with van der Waals surface area (Å²) in [4.78, 5) is 0. The maximum absolute atomic E-state index is 12.3. The lowest BCUT2D eigenvalue weighted by Gasteiger charge is -1.98. The molecular weight excluding hydrogens is 167 g/mol. The number of rotatable bonds is 2. The van der Waals surface area contributed by atoms with Gasteiger partial charge in [0.15, 0.2) is 0 Å². The Labute approximate surface area is 69.1 Å². The summed E-state index contributed by atoms with van der Waals surface area (Å²) < 4.78 is 16.9. The topological polar surface area (TPSA) is 9.23 Å². The molecule has 1 nitrogen and oxygen atoms in total. The van der Waals surface area contributed by atoms with Crippen molar-refractivity contribution in [1.82, 2.24) is 0 Å². The van der Waals surface area contributed by atoms with Crippen LogP contribution in [0, 0.1) is 6.07 Å². The second kappa shape index (κ2) is 3.98. The smallest absolute Gasteiger partial charge is 0.289 e. The Bertz CT molecular complexity index is 246. The van der Waals surface area contributed by atoms with E-state index in [2.05, 4.69) is 10.8 Å². The number of ether oxygens (including phenoxy) is 1. The number of benzene rings is 1. The minimum atomic E-state index is -0.821. The normalized spacial score (nSPS) is 11.3. The van der Waals surface area contributed by atoms with Gasteiger partial charge in [-0.1, -0.05) is 23.7 Å². The molecule has 0 aliphatic carbocycles. The van der Waals surface area contributed by atoms with Gasteiger partial charge in [-0.05, 0) is 18.2 Å². The molecule has 11 heavy (non-hydrogen) atoms. The van der Waals surface area contributed by atoms with E-state index in [1.54, 1.807) is 24.3 Å². The third-order valence-electron chi connectivity index (χ3n) is 0.989. The highest BCUT2D eigenvalue weighted by atomic mass is 35.5. The maximum atomic E-state index is 12.3. The zero-order chi connectivity index (χ0) is 8.10. The third-order valence-corrected chi connectivity index (χ3v) is 1.16. The Hall–Kier alpha value is -1.02. The quantitative estimate of drug-likeness (QED) is 0.622. The highest BCUT2D eigenvalue weighted by Crippen LogP contribution is 2.13. The van der Waals surface area contributed by atoms with E-state index in [1.165, 1.54) is 0 Å². The lowest BCUT2D eigenvalue weighted by atomic mass is 10.3. The first kappa shape index (κ1) is 8.08. The van der Waals surface area contributed by atoms with E-state index in [-0.39, 0.29) is 0 Å².